The standard InChI is InChI=1S/C10H18NO2/c1-2-3-4-5-6-7-8-10(13)11-9-12/h2-8H2,1H3,(H,11,12,13). The van der Waals surface area contributed by atoms with E-state index in [1.807, 2.05) is 5.32 Å². The molecule has 0 aliphatic rings. The third kappa shape index (κ3) is 9.05. The molecule has 0 heterocycles. The van der Waals surface area contributed by atoms with Gasteiger partial charge in [0.25, 0.3) is 0 Å². The summed E-state index contributed by atoms with van der Waals surface area (Å²) in [5.41, 5.74) is 0. The number of nitrogens with one attached hydrogen (secondary N) is 1. The third-order valence-electron chi connectivity index (χ3n) is 1.95. The Morgan fingerprint density at radius 3 is 2.38 bits per heavy atom. The van der Waals surface area contributed by atoms with E-state index in [1.165, 1.54) is 32.1 Å². The van der Waals surface area contributed by atoms with Crippen molar-refractivity contribution >= 4 is 12.3 Å². The molecule has 1 radical (unpaired) electrons. The van der Waals surface area contributed by atoms with E-state index in [0.29, 0.717) is 6.42 Å². The van der Waals surface area contributed by atoms with E-state index in [-0.39, 0.29) is 5.91 Å². The summed E-state index contributed by atoms with van der Waals surface area (Å²) in [6.45, 7) is 2.17. The van der Waals surface area contributed by atoms with Gasteiger partial charge in [-0.15, -0.1) is 0 Å². The molecule has 0 aliphatic carbocycles. The Kier molecular flexibility index (Phi) is 8.62. The van der Waals surface area contributed by atoms with Crippen molar-refractivity contribution in [3.8, 4) is 0 Å². The molecular formula is C10H18NO2. The van der Waals surface area contributed by atoms with E-state index in [0.717, 1.165) is 12.8 Å². The summed E-state index contributed by atoms with van der Waals surface area (Å²) < 4.78 is 0. The van der Waals surface area contributed by atoms with Gasteiger partial charge in [-0.05, 0) is 6.42 Å². The first kappa shape index (κ1) is 12.1. The molecule has 0 spiro atoms. The Balaban J connectivity index is 3.06. The highest BCUT2D eigenvalue weighted by Crippen LogP contribution is 2.06. The second-order valence-electron chi connectivity index (χ2n) is 3.17. The number of carbonyl (C=O) groups excluding carboxylic acids is 2. The van der Waals surface area contributed by atoms with Gasteiger partial charge in [0.05, 0.1) is 0 Å². The molecular weight excluding hydrogens is 166 g/mol. The average Bonchev–Trinajstić information content (AvgIpc) is 2.11. The van der Waals surface area contributed by atoms with Crippen LogP contribution in [0.1, 0.15) is 51.9 Å². The van der Waals surface area contributed by atoms with Crippen LogP contribution in [0.25, 0.3) is 0 Å². The van der Waals surface area contributed by atoms with E-state index in [1.54, 1.807) is 0 Å². The average molecular weight is 184 g/mol. The van der Waals surface area contributed by atoms with E-state index >= 15 is 0 Å². The molecule has 75 valence electrons. The minimum absolute atomic E-state index is 0.217. The lowest BCUT2D eigenvalue weighted by Gasteiger charge is -1.99. The van der Waals surface area contributed by atoms with Gasteiger partial charge >= 0.3 is 6.41 Å². The van der Waals surface area contributed by atoms with Crippen LogP contribution in [0.4, 0.5) is 0 Å². The molecule has 3 nitrogen and oxygen atoms in total. The predicted molar refractivity (Wildman–Crippen MR) is 51.8 cm³/mol. The fourth-order valence-corrected chi connectivity index (χ4v) is 1.19. The van der Waals surface area contributed by atoms with Crippen molar-refractivity contribution in [2.75, 3.05) is 0 Å². The molecule has 0 aromatic heterocycles. The quantitative estimate of drug-likeness (QED) is 0.462. The monoisotopic (exact) mass is 184 g/mol. The molecule has 0 bridgehead atoms. The number of amides is 2. The SMILES string of the molecule is CCCCCCCCC(=O)N[C]=O. The van der Waals surface area contributed by atoms with Gasteiger partial charge in [0.2, 0.25) is 5.91 Å². The van der Waals surface area contributed by atoms with Crippen molar-refractivity contribution in [3.63, 3.8) is 0 Å². The number of hydrogen-bond acceptors (Lipinski definition) is 2. The first-order valence-corrected chi connectivity index (χ1v) is 4.97. The summed E-state index contributed by atoms with van der Waals surface area (Å²) in [6, 6.07) is 0. The molecule has 2 amide bonds. The largest absolute Gasteiger partial charge is 0.316 e. The van der Waals surface area contributed by atoms with Crippen LogP contribution >= 0.6 is 0 Å². The summed E-state index contributed by atoms with van der Waals surface area (Å²) in [7, 11) is 0. The number of hydrogen-bond donors (Lipinski definition) is 1. The highest BCUT2D eigenvalue weighted by Gasteiger charge is 1.98. The molecule has 3 heteroatoms. The second kappa shape index (κ2) is 9.23. The zero-order valence-electron chi connectivity index (χ0n) is 8.27. The van der Waals surface area contributed by atoms with Crippen LogP contribution < -0.4 is 5.32 Å². The number of carbonyl (C=O) groups is 1. The molecule has 0 aromatic carbocycles. The van der Waals surface area contributed by atoms with Crippen LogP contribution in [0.2, 0.25) is 0 Å². The molecule has 0 rings (SSSR count). The van der Waals surface area contributed by atoms with Gasteiger partial charge < -0.3 is 0 Å². The second-order valence-corrected chi connectivity index (χ2v) is 3.17. The fourth-order valence-electron chi connectivity index (χ4n) is 1.19. The van der Waals surface area contributed by atoms with Gasteiger partial charge in [0.15, 0.2) is 0 Å². The Morgan fingerprint density at radius 2 is 1.77 bits per heavy atom. The lowest BCUT2D eigenvalue weighted by Crippen LogP contribution is -2.20. The van der Waals surface area contributed by atoms with Crippen LogP contribution in [-0.2, 0) is 9.59 Å². The maximum Gasteiger partial charge on any atom is 0.316 e. The molecule has 1 N–H and O–H groups in total. The Bertz CT molecular complexity index is 146. The summed E-state index contributed by atoms with van der Waals surface area (Å²) in [5, 5.41) is 2.00. The number of imide groups is 1. The van der Waals surface area contributed by atoms with Crippen molar-refractivity contribution in [2.24, 2.45) is 0 Å². The van der Waals surface area contributed by atoms with Gasteiger partial charge in [-0.2, -0.15) is 0 Å². The minimum atomic E-state index is -0.217. The molecule has 0 saturated heterocycles. The van der Waals surface area contributed by atoms with E-state index in [2.05, 4.69) is 6.92 Å². The van der Waals surface area contributed by atoms with Crippen molar-refractivity contribution in [1.82, 2.24) is 5.32 Å². The topological polar surface area (TPSA) is 46.2 Å². The van der Waals surface area contributed by atoms with Gasteiger partial charge in [0, 0.05) is 6.42 Å². The van der Waals surface area contributed by atoms with Crippen LogP contribution in [0.5, 0.6) is 0 Å². The number of unbranched alkanes of at least 4 members (excludes halogenated alkanes) is 5. The molecule has 0 unspecified atom stereocenters. The Hall–Kier alpha value is -0.860. The lowest BCUT2D eigenvalue weighted by atomic mass is 10.1. The smallest absolute Gasteiger partial charge is 0.288 e. The van der Waals surface area contributed by atoms with Crippen LogP contribution in [0, 0.1) is 0 Å². The van der Waals surface area contributed by atoms with Gasteiger partial charge in [-0.1, -0.05) is 39.0 Å². The van der Waals surface area contributed by atoms with Crippen molar-refractivity contribution in [1.29, 1.82) is 0 Å². The molecule has 0 fully saturated rings. The van der Waals surface area contributed by atoms with Crippen LogP contribution in [0.15, 0.2) is 0 Å². The van der Waals surface area contributed by atoms with E-state index < -0.39 is 0 Å². The number of rotatable bonds is 8. The normalized spacial score (nSPS) is 9.62. The third-order valence-corrected chi connectivity index (χ3v) is 1.95. The summed E-state index contributed by atoms with van der Waals surface area (Å²) in [6.07, 6.45) is 8.72. The molecule has 0 atom stereocenters. The zero-order chi connectivity index (χ0) is 9.94. The van der Waals surface area contributed by atoms with Crippen molar-refractivity contribution in [2.45, 2.75) is 51.9 Å². The summed E-state index contributed by atoms with van der Waals surface area (Å²) in [5.74, 6) is -0.217. The molecule has 0 aliphatic heterocycles. The maximum absolute atomic E-state index is 10.8. The molecule has 0 saturated carbocycles. The first-order chi connectivity index (χ1) is 6.31. The Morgan fingerprint density at radius 1 is 1.15 bits per heavy atom. The van der Waals surface area contributed by atoms with Crippen molar-refractivity contribution in [3.05, 3.63) is 0 Å². The lowest BCUT2D eigenvalue weighted by molar-refractivity contribution is -0.119. The summed E-state index contributed by atoms with van der Waals surface area (Å²) >= 11 is 0. The highest BCUT2D eigenvalue weighted by molar-refractivity contribution is 5.85. The van der Waals surface area contributed by atoms with Gasteiger partial charge in [-0.25, -0.2) is 0 Å². The van der Waals surface area contributed by atoms with E-state index in [4.69, 9.17) is 0 Å². The Labute approximate surface area is 79.9 Å². The molecule has 13 heavy (non-hydrogen) atoms. The fraction of sp³-hybridized carbons (Fsp3) is 0.800. The predicted octanol–water partition coefficient (Wildman–Crippen LogP) is 1.92. The van der Waals surface area contributed by atoms with E-state index in [9.17, 15) is 9.59 Å². The van der Waals surface area contributed by atoms with Gasteiger partial charge in [0.1, 0.15) is 0 Å². The first-order valence-electron chi connectivity index (χ1n) is 4.97. The highest BCUT2D eigenvalue weighted by atomic mass is 16.2. The van der Waals surface area contributed by atoms with Gasteiger partial charge in [-0.3, -0.25) is 14.9 Å². The summed E-state index contributed by atoms with van der Waals surface area (Å²) in [4.78, 5) is 20.5. The maximum atomic E-state index is 10.8. The zero-order valence-corrected chi connectivity index (χ0v) is 8.27. The minimum Gasteiger partial charge on any atom is -0.288 e. The van der Waals surface area contributed by atoms with Crippen molar-refractivity contribution < 1.29 is 9.59 Å². The van der Waals surface area contributed by atoms with Crippen LogP contribution in [-0.4, -0.2) is 12.3 Å². The molecule has 0 aromatic rings. The van der Waals surface area contributed by atoms with Crippen LogP contribution in [0.3, 0.4) is 0 Å².